The second-order valence-corrected chi connectivity index (χ2v) is 3.84. The summed E-state index contributed by atoms with van der Waals surface area (Å²) in [4.78, 5) is 0. The van der Waals surface area contributed by atoms with Crippen molar-refractivity contribution in [3.8, 4) is 0 Å². The fraction of sp³-hybridized carbons (Fsp3) is 0.429. The van der Waals surface area contributed by atoms with E-state index in [1.54, 1.807) is 0 Å². The van der Waals surface area contributed by atoms with E-state index >= 15 is 0 Å². The Balaban J connectivity index is 0.000000606. The Morgan fingerprint density at radius 3 is 2.31 bits per heavy atom. The molecule has 0 saturated heterocycles. The first-order valence-corrected chi connectivity index (χ1v) is 5.97. The van der Waals surface area contributed by atoms with Crippen LogP contribution in [0.25, 0.3) is 0 Å². The van der Waals surface area contributed by atoms with Crippen molar-refractivity contribution < 1.29 is 5.11 Å². The van der Waals surface area contributed by atoms with Gasteiger partial charge in [-0.05, 0) is 24.8 Å². The molecule has 0 bridgehead atoms. The highest BCUT2D eigenvalue weighted by Crippen LogP contribution is 2.31. The molecule has 1 atom stereocenters. The lowest BCUT2D eigenvalue weighted by Gasteiger charge is -2.28. The summed E-state index contributed by atoms with van der Waals surface area (Å²) >= 11 is 0. The van der Waals surface area contributed by atoms with Crippen LogP contribution in [-0.4, -0.2) is 13.0 Å². The van der Waals surface area contributed by atoms with Crippen LogP contribution in [0.5, 0.6) is 0 Å². The van der Waals surface area contributed by atoms with Crippen molar-refractivity contribution in [2.45, 2.75) is 38.7 Å². The van der Waals surface area contributed by atoms with Gasteiger partial charge in [0.15, 0.2) is 0 Å². The summed E-state index contributed by atoms with van der Waals surface area (Å²) < 4.78 is 0. The number of rotatable bonds is 1. The number of allylic oxidation sites excluding steroid dienone is 1. The van der Waals surface area contributed by atoms with E-state index < -0.39 is 5.60 Å². The van der Waals surface area contributed by atoms with E-state index in [0.717, 1.165) is 30.3 Å². The predicted molar refractivity (Wildman–Crippen MR) is 70.1 cm³/mol. The van der Waals surface area contributed by atoms with E-state index in [2.05, 4.69) is 0 Å². The van der Waals surface area contributed by atoms with Crippen molar-refractivity contribution in [2.75, 3.05) is 0 Å². The Morgan fingerprint density at radius 1 is 1.19 bits per heavy atom. The molecule has 1 aliphatic rings. The Morgan fingerprint density at radius 2 is 1.81 bits per heavy atom. The van der Waals surface area contributed by atoms with Crippen molar-refractivity contribution in [2.24, 2.45) is 0 Å². The molecule has 1 unspecified atom stereocenters. The van der Waals surface area contributed by atoms with Crippen LogP contribution in [0.15, 0.2) is 36.4 Å². The van der Waals surface area contributed by atoms with Gasteiger partial charge in [0.25, 0.3) is 0 Å². The van der Waals surface area contributed by atoms with Gasteiger partial charge in [0.05, 0.1) is 0 Å². The van der Waals surface area contributed by atoms with E-state index in [1.807, 2.05) is 50.3 Å². The van der Waals surface area contributed by atoms with Gasteiger partial charge in [0, 0.05) is 0 Å². The minimum absolute atomic E-state index is 0.733. The first kappa shape index (κ1) is 13.1. The van der Waals surface area contributed by atoms with Crippen molar-refractivity contribution >= 4 is 13.3 Å². The third kappa shape index (κ3) is 2.99. The normalized spacial score (nSPS) is 23.4. The summed E-state index contributed by atoms with van der Waals surface area (Å²) in [5, 5.41) is 10.3. The monoisotopic (exact) mass is 214 g/mol. The standard InChI is InChI=1S/C12H13BO.C2H6/c13-11-6-4-10(5-7-11)12(14)8-2-1-3-9-12;1-2/h2,4-8,14H,1,3,9H2;1-2H3. The van der Waals surface area contributed by atoms with Crippen LogP contribution < -0.4 is 5.46 Å². The fourth-order valence-corrected chi connectivity index (χ4v) is 1.86. The summed E-state index contributed by atoms with van der Waals surface area (Å²) in [6, 6.07) is 7.45. The molecule has 0 heterocycles. The molecule has 1 aromatic carbocycles. The van der Waals surface area contributed by atoms with Crippen LogP contribution in [0.4, 0.5) is 0 Å². The van der Waals surface area contributed by atoms with Crippen molar-refractivity contribution in [1.29, 1.82) is 0 Å². The topological polar surface area (TPSA) is 20.2 Å². The van der Waals surface area contributed by atoms with Crippen LogP contribution in [0.3, 0.4) is 0 Å². The van der Waals surface area contributed by atoms with E-state index in [9.17, 15) is 5.11 Å². The minimum atomic E-state index is -0.772. The summed E-state index contributed by atoms with van der Waals surface area (Å²) in [5.74, 6) is 0. The molecule has 2 rings (SSSR count). The Kier molecular flexibility index (Phi) is 4.82. The molecule has 0 aromatic heterocycles. The molecule has 0 spiro atoms. The average molecular weight is 214 g/mol. The Labute approximate surface area is 99.6 Å². The second-order valence-electron chi connectivity index (χ2n) is 3.84. The lowest BCUT2D eigenvalue weighted by atomic mass is 9.83. The van der Waals surface area contributed by atoms with Gasteiger partial charge in [-0.25, -0.2) is 0 Å². The maximum absolute atomic E-state index is 10.3. The summed E-state index contributed by atoms with van der Waals surface area (Å²) in [6.45, 7) is 4.00. The quantitative estimate of drug-likeness (QED) is 0.562. The summed E-state index contributed by atoms with van der Waals surface area (Å²) in [7, 11) is 5.60. The molecule has 0 fully saturated rings. The van der Waals surface area contributed by atoms with Gasteiger partial charge < -0.3 is 5.11 Å². The van der Waals surface area contributed by atoms with Gasteiger partial charge in [0.2, 0.25) is 0 Å². The number of hydrogen-bond acceptors (Lipinski definition) is 1. The molecule has 84 valence electrons. The lowest BCUT2D eigenvalue weighted by Crippen LogP contribution is -2.25. The van der Waals surface area contributed by atoms with Gasteiger partial charge in [-0.15, -0.1) is 0 Å². The zero-order valence-electron chi connectivity index (χ0n) is 10.1. The average Bonchev–Trinajstić information content (AvgIpc) is 2.33. The molecule has 2 heteroatoms. The fourth-order valence-electron chi connectivity index (χ4n) is 1.86. The number of hydrogen-bond donors (Lipinski definition) is 1. The van der Waals surface area contributed by atoms with E-state index in [0.29, 0.717) is 0 Å². The summed E-state index contributed by atoms with van der Waals surface area (Å²) in [6.07, 6.45) is 6.84. The Bertz CT molecular complexity index is 342. The van der Waals surface area contributed by atoms with Gasteiger partial charge in [0.1, 0.15) is 13.4 Å². The highest BCUT2D eigenvalue weighted by molar-refractivity contribution is 6.32. The molecule has 1 nitrogen and oxygen atoms in total. The maximum atomic E-state index is 10.3. The van der Waals surface area contributed by atoms with Crippen LogP contribution in [-0.2, 0) is 5.60 Å². The highest BCUT2D eigenvalue weighted by atomic mass is 16.3. The van der Waals surface area contributed by atoms with Gasteiger partial charge >= 0.3 is 0 Å². The van der Waals surface area contributed by atoms with Gasteiger partial charge in [-0.2, -0.15) is 0 Å². The molecule has 1 N–H and O–H groups in total. The summed E-state index contributed by atoms with van der Waals surface area (Å²) in [5.41, 5.74) is 0.895. The lowest BCUT2D eigenvalue weighted by molar-refractivity contribution is 0.0726. The molecular weight excluding hydrogens is 195 g/mol. The molecule has 0 aliphatic heterocycles. The van der Waals surface area contributed by atoms with Crippen LogP contribution >= 0.6 is 0 Å². The number of aliphatic hydroxyl groups is 1. The van der Waals surface area contributed by atoms with E-state index in [1.165, 1.54) is 0 Å². The van der Waals surface area contributed by atoms with Gasteiger partial charge in [-0.1, -0.05) is 55.7 Å². The van der Waals surface area contributed by atoms with Crippen molar-refractivity contribution in [3.05, 3.63) is 42.0 Å². The molecule has 1 aliphatic carbocycles. The zero-order chi connectivity index (χ0) is 12.0. The van der Waals surface area contributed by atoms with Crippen LogP contribution in [0.1, 0.15) is 38.7 Å². The molecule has 0 amide bonds. The van der Waals surface area contributed by atoms with E-state index in [4.69, 9.17) is 7.85 Å². The predicted octanol–water partition coefficient (Wildman–Crippen LogP) is 2.43. The zero-order valence-corrected chi connectivity index (χ0v) is 10.1. The Hall–Kier alpha value is -1.02. The first-order chi connectivity index (χ1) is 7.71. The third-order valence-corrected chi connectivity index (χ3v) is 2.73. The van der Waals surface area contributed by atoms with Crippen LogP contribution in [0.2, 0.25) is 0 Å². The third-order valence-electron chi connectivity index (χ3n) is 2.73. The van der Waals surface area contributed by atoms with Crippen molar-refractivity contribution in [3.63, 3.8) is 0 Å². The highest BCUT2D eigenvalue weighted by Gasteiger charge is 2.26. The molecule has 1 aromatic rings. The molecule has 0 saturated carbocycles. The molecule has 2 radical (unpaired) electrons. The van der Waals surface area contributed by atoms with Crippen molar-refractivity contribution in [1.82, 2.24) is 0 Å². The largest absolute Gasteiger partial charge is 0.381 e. The number of benzene rings is 1. The molecule has 16 heavy (non-hydrogen) atoms. The van der Waals surface area contributed by atoms with E-state index in [-0.39, 0.29) is 0 Å². The van der Waals surface area contributed by atoms with Crippen LogP contribution in [0, 0.1) is 0 Å². The van der Waals surface area contributed by atoms with Gasteiger partial charge in [-0.3, -0.25) is 0 Å². The molecular formula is C14H19BO. The SMILES string of the molecule is CC.[B]c1ccc(C2(O)C=CCCC2)cc1. The minimum Gasteiger partial charge on any atom is -0.381 e. The first-order valence-electron chi connectivity index (χ1n) is 5.97. The maximum Gasteiger partial charge on any atom is 0.113 e. The smallest absolute Gasteiger partial charge is 0.113 e. The second kappa shape index (κ2) is 5.90.